The van der Waals surface area contributed by atoms with Crippen LogP contribution in [0.15, 0.2) is 52.7 Å². The Kier molecular flexibility index (Phi) is 5.90. The van der Waals surface area contributed by atoms with E-state index in [2.05, 4.69) is 95.9 Å². The molecule has 1 aromatic carbocycles. The van der Waals surface area contributed by atoms with Crippen molar-refractivity contribution in [3.63, 3.8) is 0 Å². The number of rotatable bonds is 2. The largest absolute Gasteiger partial charge is 0.371 e. The highest BCUT2D eigenvalue weighted by molar-refractivity contribution is 5.72. The lowest BCUT2D eigenvalue weighted by molar-refractivity contribution is 0.401. The Bertz CT molecular complexity index is 1170. The molecular weight excluding hydrogens is 414 g/mol. The van der Waals surface area contributed by atoms with Crippen molar-refractivity contribution in [1.29, 1.82) is 10.5 Å². The third-order valence-corrected chi connectivity index (χ3v) is 7.89. The van der Waals surface area contributed by atoms with Crippen LogP contribution in [0.4, 0.5) is 5.69 Å². The third-order valence-electron chi connectivity index (χ3n) is 7.89. The Morgan fingerprint density at radius 1 is 0.912 bits per heavy atom. The van der Waals surface area contributed by atoms with Gasteiger partial charge in [0.1, 0.15) is 17.7 Å². The molecule has 0 atom stereocenters. The van der Waals surface area contributed by atoms with Gasteiger partial charge < -0.3 is 4.90 Å². The second-order valence-electron chi connectivity index (χ2n) is 12.4. The van der Waals surface area contributed by atoms with E-state index in [1.165, 1.54) is 35.2 Å². The molecule has 0 saturated heterocycles. The Morgan fingerprint density at radius 2 is 1.47 bits per heavy atom. The molecule has 34 heavy (non-hydrogen) atoms. The molecule has 2 aliphatic heterocycles. The van der Waals surface area contributed by atoms with Gasteiger partial charge >= 0.3 is 0 Å². The molecule has 0 spiro atoms. The molecule has 0 radical (unpaired) electrons. The number of nitriles is 2. The Morgan fingerprint density at radius 3 is 1.97 bits per heavy atom. The fourth-order valence-electron chi connectivity index (χ4n) is 5.38. The quantitative estimate of drug-likeness (QED) is 0.437. The van der Waals surface area contributed by atoms with Gasteiger partial charge in [-0.2, -0.15) is 10.5 Å². The Labute approximate surface area is 205 Å². The highest BCUT2D eigenvalue weighted by Gasteiger charge is 2.39. The summed E-state index contributed by atoms with van der Waals surface area (Å²) in [6.45, 7) is 18.3. The van der Waals surface area contributed by atoms with E-state index < -0.39 is 0 Å². The SMILES string of the molecule is CC(C)(C)C1=CC(=C(C#N)C#N)CC(/C=C/c2cc3c4c(c2)C(C)(C)CCN4CCC3(C)C)=C1. The average molecular weight is 452 g/mol. The average Bonchev–Trinajstić information content (AvgIpc) is 2.76. The van der Waals surface area contributed by atoms with Crippen molar-refractivity contribution < 1.29 is 0 Å². The molecule has 3 aliphatic rings. The van der Waals surface area contributed by atoms with Crippen LogP contribution in [0, 0.1) is 28.1 Å². The van der Waals surface area contributed by atoms with Gasteiger partial charge in [0.05, 0.1) is 0 Å². The first-order valence-electron chi connectivity index (χ1n) is 12.4. The van der Waals surface area contributed by atoms with Crippen molar-refractivity contribution in [2.45, 2.75) is 78.6 Å². The van der Waals surface area contributed by atoms with Crippen LogP contribution in [0.1, 0.15) is 84.4 Å². The predicted molar refractivity (Wildman–Crippen MR) is 141 cm³/mol. The zero-order valence-electron chi connectivity index (χ0n) is 21.8. The first-order valence-corrected chi connectivity index (χ1v) is 12.4. The summed E-state index contributed by atoms with van der Waals surface area (Å²) in [5.74, 6) is 0. The summed E-state index contributed by atoms with van der Waals surface area (Å²) >= 11 is 0. The molecule has 0 amide bonds. The topological polar surface area (TPSA) is 50.8 Å². The molecule has 0 N–H and O–H groups in total. The molecule has 3 nitrogen and oxygen atoms in total. The van der Waals surface area contributed by atoms with Crippen LogP contribution in [0.25, 0.3) is 6.08 Å². The summed E-state index contributed by atoms with van der Waals surface area (Å²) in [4.78, 5) is 2.60. The lowest BCUT2D eigenvalue weighted by Crippen LogP contribution is -2.44. The minimum absolute atomic E-state index is 0.0612. The van der Waals surface area contributed by atoms with Crippen LogP contribution < -0.4 is 4.90 Å². The monoisotopic (exact) mass is 451 g/mol. The van der Waals surface area contributed by atoms with E-state index >= 15 is 0 Å². The molecule has 0 unspecified atom stereocenters. The number of anilines is 1. The van der Waals surface area contributed by atoms with Gasteiger partial charge in [0.2, 0.25) is 0 Å². The number of hydrogen-bond donors (Lipinski definition) is 0. The molecule has 4 rings (SSSR count). The first-order chi connectivity index (χ1) is 15.9. The molecule has 0 saturated carbocycles. The van der Waals surface area contributed by atoms with E-state index in [9.17, 15) is 10.5 Å². The van der Waals surface area contributed by atoms with E-state index in [4.69, 9.17) is 0 Å². The lowest BCUT2D eigenvalue weighted by Gasteiger charge is -2.48. The molecule has 0 fully saturated rings. The van der Waals surface area contributed by atoms with Crippen LogP contribution in [-0.4, -0.2) is 13.1 Å². The smallest absolute Gasteiger partial charge is 0.133 e. The van der Waals surface area contributed by atoms with Crippen molar-refractivity contribution in [3.8, 4) is 12.1 Å². The van der Waals surface area contributed by atoms with E-state index in [0.29, 0.717) is 6.42 Å². The van der Waals surface area contributed by atoms with E-state index in [1.807, 2.05) is 6.08 Å². The number of benzene rings is 1. The predicted octanol–water partition coefficient (Wildman–Crippen LogP) is 7.52. The van der Waals surface area contributed by atoms with Gasteiger partial charge in [-0.25, -0.2) is 0 Å². The summed E-state index contributed by atoms with van der Waals surface area (Å²) in [6.07, 6.45) is 11.6. The normalized spacial score (nSPS) is 20.7. The van der Waals surface area contributed by atoms with Gasteiger partial charge in [-0.15, -0.1) is 0 Å². The van der Waals surface area contributed by atoms with Gasteiger partial charge in [-0.3, -0.25) is 0 Å². The molecule has 1 aliphatic carbocycles. The van der Waals surface area contributed by atoms with Gasteiger partial charge in [-0.05, 0) is 81.0 Å². The maximum absolute atomic E-state index is 9.46. The first kappa shape index (κ1) is 24.1. The summed E-state index contributed by atoms with van der Waals surface area (Å²) in [7, 11) is 0. The molecule has 0 bridgehead atoms. The van der Waals surface area contributed by atoms with Gasteiger partial charge in [0.25, 0.3) is 0 Å². The van der Waals surface area contributed by atoms with Crippen LogP contribution in [0.5, 0.6) is 0 Å². The van der Waals surface area contributed by atoms with Crippen molar-refractivity contribution in [3.05, 3.63) is 69.3 Å². The molecule has 0 aromatic heterocycles. The van der Waals surface area contributed by atoms with Gasteiger partial charge in [0.15, 0.2) is 0 Å². The van der Waals surface area contributed by atoms with Crippen LogP contribution in [0.2, 0.25) is 0 Å². The third kappa shape index (κ3) is 4.37. The van der Waals surface area contributed by atoms with E-state index in [0.717, 1.165) is 29.8 Å². The molecule has 1 aromatic rings. The molecule has 3 heteroatoms. The van der Waals surface area contributed by atoms with Crippen LogP contribution in [0.3, 0.4) is 0 Å². The minimum Gasteiger partial charge on any atom is -0.371 e. The second kappa shape index (κ2) is 8.32. The van der Waals surface area contributed by atoms with Crippen molar-refractivity contribution in [2.75, 3.05) is 18.0 Å². The van der Waals surface area contributed by atoms with Gasteiger partial charge in [-0.1, -0.05) is 72.8 Å². The summed E-state index contributed by atoms with van der Waals surface area (Å²) in [5.41, 5.74) is 9.21. The zero-order valence-corrected chi connectivity index (χ0v) is 21.8. The van der Waals surface area contributed by atoms with Crippen LogP contribution >= 0.6 is 0 Å². The molecule has 176 valence electrons. The van der Waals surface area contributed by atoms with E-state index in [1.54, 1.807) is 0 Å². The summed E-state index contributed by atoms with van der Waals surface area (Å²) in [6, 6.07) is 8.94. The molecular formula is C31H37N3. The maximum atomic E-state index is 9.46. The minimum atomic E-state index is -0.0612. The Hall–Kier alpha value is -3.04. The van der Waals surface area contributed by atoms with Crippen molar-refractivity contribution in [1.82, 2.24) is 0 Å². The highest BCUT2D eigenvalue weighted by atomic mass is 15.2. The standard InChI is InChI=1S/C31H37N3/c1-29(2,3)25-15-21(14-23(18-25)24(19-32)20-33)8-9-22-16-26-28-27(17-22)31(6,7)11-13-34(28)12-10-30(26,4)5/h8-9,15-18H,10-14H2,1-7H3/b9-8+. The number of nitrogens with zero attached hydrogens (tertiary/aromatic N) is 3. The fraction of sp³-hybridized carbons (Fsp3) is 0.484. The second-order valence-corrected chi connectivity index (χ2v) is 12.4. The number of hydrogen-bond acceptors (Lipinski definition) is 3. The summed E-state index contributed by atoms with van der Waals surface area (Å²) < 4.78 is 0. The maximum Gasteiger partial charge on any atom is 0.133 e. The Balaban J connectivity index is 1.79. The molecule has 2 heterocycles. The fourth-order valence-corrected chi connectivity index (χ4v) is 5.38. The number of allylic oxidation sites excluding steroid dienone is 7. The zero-order chi connectivity index (χ0) is 24.9. The van der Waals surface area contributed by atoms with Crippen molar-refractivity contribution >= 4 is 11.8 Å². The highest BCUT2D eigenvalue weighted by Crippen LogP contribution is 2.49. The lowest BCUT2D eigenvalue weighted by atomic mass is 9.69. The van der Waals surface area contributed by atoms with Crippen molar-refractivity contribution in [2.24, 2.45) is 5.41 Å². The van der Waals surface area contributed by atoms with Crippen LogP contribution in [-0.2, 0) is 10.8 Å². The van der Waals surface area contributed by atoms with E-state index in [-0.39, 0.29) is 21.8 Å². The van der Waals surface area contributed by atoms with Gasteiger partial charge in [0, 0.05) is 18.8 Å². The summed E-state index contributed by atoms with van der Waals surface area (Å²) in [5, 5.41) is 18.9.